The lowest BCUT2D eigenvalue weighted by Crippen LogP contribution is -2.59. The molecule has 16 heteroatoms. The first kappa shape index (κ1) is 47.1. The lowest BCUT2D eigenvalue weighted by molar-refractivity contribution is -0.150. The summed E-state index contributed by atoms with van der Waals surface area (Å²) in [6, 6.07) is 13.9. The fourth-order valence-corrected chi connectivity index (χ4v) is 13.4. The van der Waals surface area contributed by atoms with Gasteiger partial charge in [0, 0.05) is 98.6 Å². The SMILES string of the molecule is CC(C)n1cnc2cc(-c3ccc4c(c3)N([C@H]3C[C@@H](N5CCCCC5)C3)C(=O)C43CCN(C(=O)C4(C)CCN(C(=O)C5CCN(c6ccc(C7CCC(=O)NC7=O)cn6)CC5)CC4)CC3)nc(NC3CC3)c21. The molecule has 0 bridgehead atoms. The highest BCUT2D eigenvalue weighted by Crippen LogP contribution is 2.53. The van der Waals surface area contributed by atoms with Crippen LogP contribution >= 0.6 is 0 Å². The number of nitrogens with one attached hydrogen (secondary N) is 2. The molecule has 1 spiro atoms. The Morgan fingerprint density at radius 3 is 2.21 bits per heavy atom. The fourth-order valence-electron chi connectivity index (χ4n) is 13.4. The minimum Gasteiger partial charge on any atom is -0.366 e. The van der Waals surface area contributed by atoms with E-state index in [-0.39, 0.29) is 53.5 Å². The number of fused-ring (bicyclic) bond motifs is 3. The highest BCUT2D eigenvalue weighted by Gasteiger charge is 2.56. The third-order valence-electron chi connectivity index (χ3n) is 18.3. The van der Waals surface area contributed by atoms with E-state index in [1.807, 2.05) is 28.3 Å². The number of rotatable bonds is 10. The van der Waals surface area contributed by atoms with Crippen LogP contribution in [0.2, 0.25) is 0 Å². The maximum Gasteiger partial charge on any atom is 0.238 e. The van der Waals surface area contributed by atoms with Gasteiger partial charge in [0.2, 0.25) is 29.5 Å². The zero-order valence-corrected chi connectivity index (χ0v) is 42.4. The second-order valence-electron chi connectivity index (χ2n) is 23.1. The van der Waals surface area contributed by atoms with Gasteiger partial charge in [-0.25, -0.2) is 15.0 Å². The molecule has 12 rings (SSSR count). The average Bonchev–Trinajstić information content (AvgIpc) is 4.05. The standard InChI is InChI=1S/C56H71N11O5/c1-35(2)66-34-58-45-32-44(60-50(49(45)66)59-39-9-10-39)37-7-12-43-46(29-37)67(41-30-40(31-41)62-21-5-4-6-22-62)54(72)56(43)19-27-65(28-20-56)53(71)55(3)17-25-64(26-18-55)52(70)36-15-23-63(24-16-36)47-13-8-38(33-57-47)42-11-14-48(68)61-51(42)69/h7-8,12-13,29,32-36,39-42H,4-6,9-11,14-28,30-31H2,1-3H3,(H,59,60)(H,61,68,69)/t40-,41+,42?. The Bertz CT molecular complexity index is 2770. The summed E-state index contributed by atoms with van der Waals surface area (Å²) in [5.41, 5.74) is 5.44. The first-order valence-corrected chi connectivity index (χ1v) is 27.4. The van der Waals surface area contributed by atoms with Gasteiger partial charge in [0.25, 0.3) is 0 Å². The quantitative estimate of drug-likeness (QED) is 0.158. The number of anilines is 3. The van der Waals surface area contributed by atoms with E-state index in [1.165, 1.54) is 19.3 Å². The predicted octanol–water partition coefficient (Wildman–Crippen LogP) is 6.94. The molecular weight excluding hydrogens is 907 g/mol. The van der Waals surface area contributed by atoms with Gasteiger partial charge in [0.1, 0.15) is 11.3 Å². The van der Waals surface area contributed by atoms with E-state index < -0.39 is 10.8 Å². The summed E-state index contributed by atoms with van der Waals surface area (Å²) in [6.07, 6.45) is 16.4. The number of pyridine rings is 2. The Kier molecular flexibility index (Phi) is 12.1. The number of aromatic nitrogens is 4. The van der Waals surface area contributed by atoms with Gasteiger partial charge in [-0.3, -0.25) is 29.3 Å². The number of likely N-dealkylation sites (tertiary alicyclic amines) is 3. The van der Waals surface area contributed by atoms with Gasteiger partial charge >= 0.3 is 0 Å². The molecular formula is C56H71N11O5. The summed E-state index contributed by atoms with van der Waals surface area (Å²) < 4.78 is 2.20. The second-order valence-corrected chi connectivity index (χ2v) is 23.1. The van der Waals surface area contributed by atoms with E-state index in [9.17, 15) is 19.2 Å². The number of carbonyl (C=O) groups excluding carboxylic acids is 5. The van der Waals surface area contributed by atoms with E-state index in [0.29, 0.717) is 89.9 Å². The average molecular weight is 978 g/mol. The Morgan fingerprint density at radius 2 is 1.53 bits per heavy atom. The maximum absolute atomic E-state index is 15.3. The molecule has 3 aromatic heterocycles. The van der Waals surface area contributed by atoms with Gasteiger partial charge in [0.05, 0.1) is 28.9 Å². The molecule has 1 aromatic carbocycles. The van der Waals surface area contributed by atoms with Crippen molar-refractivity contribution in [3.63, 3.8) is 0 Å². The monoisotopic (exact) mass is 978 g/mol. The topological polar surface area (TPSA) is 169 Å². The van der Waals surface area contributed by atoms with Crippen LogP contribution in [0.25, 0.3) is 22.3 Å². The Hall–Kier alpha value is -5.90. The molecule has 5 amide bonds. The number of amides is 5. The van der Waals surface area contributed by atoms with Gasteiger partial charge in [-0.15, -0.1) is 0 Å². The van der Waals surface area contributed by atoms with E-state index in [1.54, 1.807) is 6.20 Å². The third-order valence-corrected chi connectivity index (χ3v) is 18.3. The number of nitrogens with zero attached hydrogens (tertiary/aromatic N) is 9. The Morgan fingerprint density at radius 1 is 0.792 bits per heavy atom. The summed E-state index contributed by atoms with van der Waals surface area (Å²) >= 11 is 0. The van der Waals surface area contributed by atoms with Crippen molar-refractivity contribution in [2.75, 3.05) is 67.5 Å². The molecule has 5 saturated heterocycles. The summed E-state index contributed by atoms with van der Waals surface area (Å²) in [7, 11) is 0. The lowest BCUT2D eigenvalue weighted by Gasteiger charge is -2.48. The molecule has 0 radical (unpaired) electrons. The molecule has 7 fully saturated rings. The Labute approximate surface area is 422 Å². The van der Waals surface area contributed by atoms with Gasteiger partial charge in [-0.1, -0.05) is 31.5 Å². The molecule has 6 aliphatic heterocycles. The van der Waals surface area contributed by atoms with Gasteiger partial charge < -0.3 is 34.4 Å². The van der Waals surface area contributed by atoms with Crippen LogP contribution in [-0.2, 0) is 29.4 Å². The molecule has 1 unspecified atom stereocenters. The molecule has 8 aliphatic rings. The number of imide groups is 1. The van der Waals surface area contributed by atoms with Crippen molar-refractivity contribution in [1.29, 1.82) is 0 Å². The molecule has 4 aromatic rings. The normalized spacial score (nSPS) is 25.8. The van der Waals surface area contributed by atoms with Crippen molar-refractivity contribution in [2.45, 2.75) is 153 Å². The maximum atomic E-state index is 15.3. The molecule has 380 valence electrons. The fraction of sp³-hybridized carbons (Fsp3) is 0.607. The van der Waals surface area contributed by atoms with Crippen LogP contribution in [-0.4, -0.2) is 134 Å². The minimum absolute atomic E-state index is 0.0725. The molecule has 2 aliphatic carbocycles. The van der Waals surface area contributed by atoms with Crippen LogP contribution in [0.3, 0.4) is 0 Å². The Balaban J connectivity index is 0.705. The summed E-state index contributed by atoms with van der Waals surface area (Å²) in [5.74, 6) is 1.29. The first-order valence-electron chi connectivity index (χ1n) is 27.4. The van der Waals surface area contributed by atoms with Crippen LogP contribution in [0, 0.1) is 11.3 Å². The van der Waals surface area contributed by atoms with Crippen LogP contribution < -0.4 is 20.4 Å². The van der Waals surface area contributed by atoms with Crippen LogP contribution in [0.15, 0.2) is 48.9 Å². The van der Waals surface area contributed by atoms with Gasteiger partial charge in [-0.2, -0.15) is 0 Å². The van der Waals surface area contributed by atoms with Crippen molar-refractivity contribution in [3.8, 4) is 11.3 Å². The van der Waals surface area contributed by atoms with E-state index in [4.69, 9.17) is 9.97 Å². The van der Waals surface area contributed by atoms with Crippen LogP contribution in [0.5, 0.6) is 0 Å². The number of carbonyl (C=O) groups is 5. The number of benzene rings is 1. The number of hydrogen-bond donors (Lipinski definition) is 2. The number of piperidine rings is 5. The lowest BCUT2D eigenvalue weighted by atomic mass is 9.72. The van der Waals surface area contributed by atoms with Gasteiger partial charge in [-0.05, 0) is 140 Å². The highest BCUT2D eigenvalue weighted by molar-refractivity contribution is 6.09. The molecule has 2 saturated carbocycles. The largest absolute Gasteiger partial charge is 0.366 e. The summed E-state index contributed by atoms with van der Waals surface area (Å²) in [4.78, 5) is 93.6. The van der Waals surface area contributed by atoms with E-state index in [2.05, 4.69) is 79.9 Å². The highest BCUT2D eigenvalue weighted by atomic mass is 16.2. The zero-order chi connectivity index (χ0) is 49.5. The molecule has 16 nitrogen and oxygen atoms in total. The van der Waals surface area contributed by atoms with Gasteiger partial charge in [0.15, 0.2) is 5.82 Å². The molecule has 9 heterocycles. The molecule has 72 heavy (non-hydrogen) atoms. The smallest absolute Gasteiger partial charge is 0.238 e. The number of imidazole rings is 1. The van der Waals surface area contributed by atoms with Crippen LogP contribution in [0.4, 0.5) is 17.3 Å². The third kappa shape index (κ3) is 8.42. The van der Waals surface area contributed by atoms with E-state index in [0.717, 1.165) is 102 Å². The van der Waals surface area contributed by atoms with Crippen molar-refractivity contribution >= 4 is 57.9 Å². The van der Waals surface area contributed by atoms with E-state index >= 15 is 4.79 Å². The summed E-state index contributed by atoms with van der Waals surface area (Å²) in [5, 5.41) is 6.13. The summed E-state index contributed by atoms with van der Waals surface area (Å²) in [6.45, 7) is 12.3. The van der Waals surface area contributed by atoms with Crippen LogP contribution in [0.1, 0.15) is 140 Å². The first-order chi connectivity index (χ1) is 34.9. The van der Waals surface area contributed by atoms with Crippen molar-refractivity contribution in [3.05, 3.63) is 60.0 Å². The minimum atomic E-state index is -0.686. The predicted molar refractivity (Wildman–Crippen MR) is 275 cm³/mol. The molecule has 1 atom stereocenters. The van der Waals surface area contributed by atoms with Crippen molar-refractivity contribution < 1.29 is 24.0 Å². The zero-order valence-electron chi connectivity index (χ0n) is 42.4. The van der Waals surface area contributed by atoms with Crippen molar-refractivity contribution in [2.24, 2.45) is 11.3 Å². The number of hydrogen-bond acceptors (Lipinski definition) is 11. The second kappa shape index (κ2) is 18.5. The van der Waals surface area contributed by atoms with Crippen molar-refractivity contribution in [1.82, 2.24) is 39.5 Å². The molecule has 2 N–H and O–H groups in total.